The molecule has 0 atom stereocenters. The molecule has 1 aromatic carbocycles. The van der Waals surface area contributed by atoms with Gasteiger partial charge in [0, 0.05) is 38.1 Å². The SMILES string of the molecule is CCN(Cc1ccccc1)c1cc(C(=O)NCc2cccnc2)nc(C)n1. The third kappa shape index (κ3) is 5.10. The molecule has 0 aliphatic rings. The van der Waals surface area contributed by atoms with Crippen LogP contribution in [0.5, 0.6) is 0 Å². The summed E-state index contributed by atoms with van der Waals surface area (Å²) in [6, 6.07) is 15.7. The molecule has 6 heteroatoms. The standard InChI is InChI=1S/C21H23N5O/c1-3-26(15-17-8-5-4-6-9-17)20-12-19(24-16(2)25-20)21(27)23-14-18-10-7-11-22-13-18/h4-13H,3,14-15H2,1-2H3,(H,23,27). The second-order valence-electron chi connectivity index (χ2n) is 6.20. The van der Waals surface area contributed by atoms with Gasteiger partial charge in [-0.2, -0.15) is 0 Å². The van der Waals surface area contributed by atoms with E-state index >= 15 is 0 Å². The third-order valence-electron chi connectivity index (χ3n) is 4.15. The number of hydrogen-bond donors (Lipinski definition) is 1. The molecule has 3 rings (SSSR count). The van der Waals surface area contributed by atoms with E-state index in [1.807, 2.05) is 30.3 Å². The van der Waals surface area contributed by atoms with Gasteiger partial charge in [-0.05, 0) is 31.0 Å². The lowest BCUT2D eigenvalue weighted by Gasteiger charge is -2.22. The highest BCUT2D eigenvalue weighted by Crippen LogP contribution is 2.16. The highest BCUT2D eigenvalue weighted by molar-refractivity contribution is 5.92. The first-order chi connectivity index (χ1) is 13.2. The maximum atomic E-state index is 12.6. The van der Waals surface area contributed by atoms with Crippen molar-refractivity contribution in [3.05, 3.63) is 83.6 Å². The average molecular weight is 361 g/mol. The molecule has 0 aliphatic heterocycles. The van der Waals surface area contributed by atoms with Crippen LogP contribution >= 0.6 is 0 Å². The predicted octanol–water partition coefficient (Wildman–Crippen LogP) is 3.14. The Labute approximate surface area is 159 Å². The van der Waals surface area contributed by atoms with Crippen LogP contribution in [0.1, 0.15) is 34.4 Å². The lowest BCUT2D eigenvalue weighted by atomic mass is 10.2. The van der Waals surface area contributed by atoms with Crippen LogP contribution in [0.25, 0.3) is 0 Å². The van der Waals surface area contributed by atoms with Crippen LogP contribution < -0.4 is 10.2 Å². The Bertz CT molecular complexity index is 884. The average Bonchev–Trinajstić information content (AvgIpc) is 2.71. The Hall–Kier alpha value is -3.28. The Morgan fingerprint density at radius 3 is 2.56 bits per heavy atom. The molecule has 0 saturated heterocycles. The molecular formula is C21H23N5O. The normalized spacial score (nSPS) is 10.4. The van der Waals surface area contributed by atoms with E-state index in [0.717, 1.165) is 24.5 Å². The molecule has 0 fully saturated rings. The van der Waals surface area contributed by atoms with Crippen LogP contribution in [0, 0.1) is 6.92 Å². The van der Waals surface area contributed by atoms with Crippen LogP contribution in [0.3, 0.4) is 0 Å². The molecule has 2 heterocycles. The predicted molar refractivity (Wildman–Crippen MR) is 105 cm³/mol. The van der Waals surface area contributed by atoms with Gasteiger partial charge in [0.1, 0.15) is 17.3 Å². The van der Waals surface area contributed by atoms with Crippen LogP contribution in [-0.2, 0) is 13.1 Å². The second-order valence-corrected chi connectivity index (χ2v) is 6.20. The van der Waals surface area contributed by atoms with E-state index in [1.54, 1.807) is 25.4 Å². The summed E-state index contributed by atoms with van der Waals surface area (Å²) < 4.78 is 0. The lowest BCUT2D eigenvalue weighted by Crippen LogP contribution is -2.27. The summed E-state index contributed by atoms with van der Waals surface area (Å²) >= 11 is 0. The van der Waals surface area contributed by atoms with Gasteiger partial charge in [0.2, 0.25) is 0 Å². The molecule has 0 bridgehead atoms. The molecule has 0 aliphatic carbocycles. The van der Waals surface area contributed by atoms with E-state index in [-0.39, 0.29) is 5.91 Å². The van der Waals surface area contributed by atoms with Gasteiger partial charge in [-0.25, -0.2) is 9.97 Å². The van der Waals surface area contributed by atoms with Crippen LogP contribution in [0.4, 0.5) is 5.82 Å². The summed E-state index contributed by atoms with van der Waals surface area (Å²) in [6.07, 6.45) is 3.44. The van der Waals surface area contributed by atoms with Crippen LogP contribution in [0.2, 0.25) is 0 Å². The van der Waals surface area contributed by atoms with Crippen molar-refractivity contribution in [1.82, 2.24) is 20.3 Å². The highest BCUT2D eigenvalue weighted by Gasteiger charge is 2.14. The number of hydrogen-bond acceptors (Lipinski definition) is 5. The van der Waals surface area contributed by atoms with Crippen molar-refractivity contribution in [3.63, 3.8) is 0 Å². The monoisotopic (exact) mass is 361 g/mol. The minimum Gasteiger partial charge on any atom is -0.352 e. The molecule has 1 N–H and O–H groups in total. The third-order valence-corrected chi connectivity index (χ3v) is 4.15. The highest BCUT2D eigenvalue weighted by atomic mass is 16.1. The molecule has 1 amide bonds. The van der Waals surface area contributed by atoms with Crippen molar-refractivity contribution < 1.29 is 4.79 Å². The number of carbonyl (C=O) groups excluding carboxylic acids is 1. The van der Waals surface area contributed by atoms with E-state index in [9.17, 15) is 4.79 Å². The van der Waals surface area contributed by atoms with Gasteiger partial charge in [-0.15, -0.1) is 0 Å². The number of rotatable bonds is 7. The number of nitrogens with one attached hydrogen (secondary N) is 1. The van der Waals surface area contributed by atoms with Crippen molar-refractivity contribution in [1.29, 1.82) is 0 Å². The summed E-state index contributed by atoms with van der Waals surface area (Å²) in [5, 5.41) is 2.89. The van der Waals surface area contributed by atoms with E-state index in [4.69, 9.17) is 0 Å². The van der Waals surface area contributed by atoms with Gasteiger partial charge in [-0.1, -0.05) is 36.4 Å². The van der Waals surface area contributed by atoms with Gasteiger partial charge < -0.3 is 10.2 Å². The Kier molecular flexibility index (Phi) is 6.10. The summed E-state index contributed by atoms with van der Waals surface area (Å²) in [4.78, 5) is 27.6. The molecule has 6 nitrogen and oxygen atoms in total. The zero-order valence-electron chi connectivity index (χ0n) is 15.6. The van der Waals surface area contributed by atoms with Crippen LogP contribution in [-0.4, -0.2) is 27.4 Å². The maximum absolute atomic E-state index is 12.6. The minimum absolute atomic E-state index is 0.221. The number of anilines is 1. The fourth-order valence-corrected chi connectivity index (χ4v) is 2.76. The van der Waals surface area contributed by atoms with Crippen molar-refractivity contribution in [2.24, 2.45) is 0 Å². The zero-order valence-corrected chi connectivity index (χ0v) is 15.6. The van der Waals surface area contributed by atoms with Crippen molar-refractivity contribution in [2.75, 3.05) is 11.4 Å². The number of nitrogens with zero attached hydrogens (tertiary/aromatic N) is 4. The van der Waals surface area contributed by atoms with Crippen molar-refractivity contribution in [2.45, 2.75) is 26.9 Å². The van der Waals surface area contributed by atoms with E-state index < -0.39 is 0 Å². The lowest BCUT2D eigenvalue weighted by molar-refractivity contribution is 0.0945. The Morgan fingerprint density at radius 2 is 1.85 bits per heavy atom. The fourth-order valence-electron chi connectivity index (χ4n) is 2.76. The Morgan fingerprint density at radius 1 is 1.07 bits per heavy atom. The molecule has 0 spiro atoms. The topological polar surface area (TPSA) is 71.0 Å². The smallest absolute Gasteiger partial charge is 0.270 e. The van der Waals surface area contributed by atoms with Crippen LogP contribution in [0.15, 0.2) is 60.9 Å². The van der Waals surface area contributed by atoms with Gasteiger partial charge in [-0.3, -0.25) is 9.78 Å². The van der Waals surface area contributed by atoms with Gasteiger partial charge in [0.05, 0.1) is 0 Å². The minimum atomic E-state index is -0.221. The quantitative estimate of drug-likeness (QED) is 0.700. The van der Waals surface area contributed by atoms with Crippen molar-refractivity contribution in [3.8, 4) is 0 Å². The molecule has 0 saturated carbocycles. The molecular weight excluding hydrogens is 338 g/mol. The molecule has 3 aromatic rings. The molecule has 27 heavy (non-hydrogen) atoms. The first kappa shape index (κ1) is 18.5. The first-order valence-electron chi connectivity index (χ1n) is 8.97. The molecule has 0 unspecified atom stereocenters. The van der Waals surface area contributed by atoms with Crippen molar-refractivity contribution >= 4 is 11.7 Å². The maximum Gasteiger partial charge on any atom is 0.270 e. The number of amides is 1. The summed E-state index contributed by atoms with van der Waals surface area (Å²) in [6.45, 7) is 5.79. The molecule has 138 valence electrons. The van der Waals surface area contributed by atoms with E-state index in [1.165, 1.54) is 5.56 Å². The number of carbonyl (C=O) groups is 1. The van der Waals surface area contributed by atoms with Gasteiger partial charge in [0.25, 0.3) is 5.91 Å². The summed E-state index contributed by atoms with van der Waals surface area (Å²) in [5.41, 5.74) is 2.50. The largest absolute Gasteiger partial charge is 0.352 e. The number of pyridine rings is 1. The second kappa shape index (κ2) is 8.89. The van der Waals surface area contributed by atoms with Gasteiger partial charge in [0.15, 0.2) is 0 Å². The van der Waals surface area contributed by atoms with E-state index in [2.05, 4.69) is 44.2 Å². The zero-order chi connectivity index (χ0) is 19.1. The number of benzene rings is 1. The Balaban J connectivity index is 1.75. The van der Waals surface area contributed by atoms with E-state index in [0.29, 0.717) is 18.1 Å². The molecule has 0 radical (unpaired) electrons. The summed E-state index contributed by atoms with van der Waals surface area (Å²) in [5.74, 6) is 1.10. The fraction of sp³-hybridized carbons (Fsp3) is 0.238. The summed E-state index contributed by atoms with van der Waals surface area (Å²) in [7, 11) is 0. The molecule has 2 aromatic heterocycles. The first-order valence-corrected chi connectivity index (χ1v) is 8.97. The number of aromatic nitrogens is 3. The van der Waals surface area contributed by atoms with Gasteiger partial charge >= 0.3 is 0 Å². The number of aryl methyl sites for hydroxylation is 1.